The Morgan fingerprint density at radius 1 is 1.25 bits per heavy atom. The lowest BCUT2D eigenvalue weighted by molar-refractivity contribution is 0.0500. The van der Waals surface area contributed by atoms with Gasteiger partial charge in [-0.1, -0.05) is 38.9 Å². The summed E-state index contributed by atoms with van der Waals surface area (Å²) in [4.78, 5) is 25.2. The first-order valence-electron chi connectivity index (χ1n) is 10.5. The molecule has 1 fully saturated rings. The Morgan fingerprint density at radius 2 is 2.04 bits per heavy atom. The maximum atomic E-state index is 13.5. The molecule has 0 aromatic carbocycles. The second-order valence-corrected chi connectivity index (χ2v) is 15.0. The average Bonchev–Trinajstić information content (AvgIpc) is 3.14. The van der Waals surface area contributed by atoms with Gasteiger partial charge in [-0.05, 0) is 25.0 Å². The van der Waals surface area contributed by atoms with Crippen molar-refractivity contribution in [3.8, 4) is 0 Å². The molecule has 1 N–H and O–H groups in total. The van der Waals surface area contributed by atoms with E-state index >= 15 is 0 Å². The van der Waals surface area contributed by atoms with Crippen LogP contribution in [-0.4, -0.2) is 48.4 Å². The summed E-state index contributed by atoms with van der Waals surface area (Å²) >= 11 is 0. The van der Waals surface area contributed by atoms with E-state index in [1.165, 1.54) is 19.3 Å². The Hall–Kier alpha value is -1.86. The van der Waals surface area contributed by atoms with Gasteiger partial charge < -0.3 is 9.72 Å². The third kappa shape index (κ3) is 3.96. The van der Waals surface area contributed by atoms with E-state index in [9.17, 15) is 4.79 Å². The highest BCUT2D eigenvalue weighted by molar-refractivity contribution is 6.76. The van der Waals surface area contributed by atoms with Gasteiger partial charge in [-0.15, -0.1) is 0 Å². The summed E-state index contributed by atoms with van der Waals surface area (Å²) in [5.74, 6) is 0. The number of nitrogens with one attached hydrogen (secondary N) is 1. The Labute approximate surface area is 168 Å². The summed E-state index contributed by atoms with van der Waals surface area (Å²) in [6, 6.07) is 3.51. The van der Waals surface area contributed by atoms with Gasteiger partial charge in [-0.3, -0.25) is 9.80 Å². The number of hydrogen-bond donors (Lipinski definition) is 1. The van der Waals surface area contributed by atoms with Crippen LogP contribution in [-0.2, 0) is 11.3 Å². The van der Waals surface area contributed by atoms with Gasteiger partial charge in [-0.25, -0.2) is 9.78 Å². The molecule has 1 aliphatic heterocycles. The van der Waals surface area contributed by atoms with E-state index in [2.05, 4.69) is 34.5 Å². The molecular weight excluding hydrogens is 368 g/mol. The fourth-order valence-corrected chi connectivity index (χ4v) is 5.05. The second-order valence-electron chi connectivity index (χ2n) is 9.36. The van der Waals surface area contributed by atoms with Crippen LogP contribution in [0.2, 0.25) is 25.7 Å². The third-order valence-corrected chi connectivity index (χ3v) is 7.60. The lowest BCUT2D eigenvalue weighted by Gasteiger charge is -2.42. The van der Waals surface area contributed by atoms with Crippen LogP contribution in [0.25, 0.3) is 11.0 Å². The Morgan fingerprint density at radius 3 is 2.79 bits per heavy atom. The fraction of sp³-hybridized carbons (Fsp3) is 0.619. The molecule has 1 aliphatic carbocycles. The minimum absolute atomic E-state index is 0.0844. The molecule has 0 radical (unpaired) electrons. The van der Waals surface area contributed by atoms with Crippen molar-refractivity contribution in [1.29, 1.82) is 0 Å². The smallest absolute Gasteiger partial charge is 0.326 e. The number of carbonyl (C=O) groups excluding carboxylic acids is 1. The summed E-state index contributed by atoms with van der Waals surface area (Å²) in [5.41, 5.74) is 3.03. The number of carbonyl (C=O) groups is 1. The zero-order chi connectivity index (χ0) is 19.7. The largest absolute Gasteiger partial charge is 0.361 e. The van der Waals surface area contributed by atoms with Gasteiger partial charge in [-0.2, -0.15) is 0 Å². The number of fused-ring (bicyclic) bond motifs is 3. The highest BCUT2D eigenvalue weighted by atomic mass is 28.3. The Balaban J connectivity index is 1.59. The molecule has 6 nitrogen and oxygen atoms in total. The molecule has 28 heavy (non-hydrogen) atoms. The molecule has 2 aromatic heterocycles. The number of aromatic nitrogens is 2. The maximum Gasteiger partial charge on any atom is 0.326 e. The van der Waals surface area contributed by atoms with Crippen LogP contribution >= 0.6 is 0 Å². The number of amides is 2. The number of aromatic amines is 1. The first-order chi connectivity index (χ1) is 13.4. The lowest BCUT2D eigenvalue weighted by atomic mass is 9.92. The molecule has 2 aliphatic rings. The van der Waals surface area contributed by atoms with E-state index in [-0.39, 0.29) is 12.1 Å². The summed E-state index contributed by atoms with van der Waals surface area (Å²) in [6.07, 6.45) is 9.63. The molecule has 1 saturated carbocycles. The summed E-state index contributed by atoms with van der Waals surface area (Å²) in [6.45, 7) is 8.69. The number of H-pyrrole nitrogens is 1. The van der Waals surface area contributed by atoms with Crippen molar-refractivity contribution in [2.45, 2.75) is 70.4 Å². The first-order valence-corrected chi connectivity index (χ1v) is 14.3. The lowest BCUT2D eigenvalue weighted by Crippen LogP contribution is -2.53. The van der Waals surface area contributed by atoms with Gasteiger partial charge in [0.25, 0.3) is 0 Å². The molecule has 152 valence electrons. The van der Waals surface area contributed by atoms with Crippen LogP contribution in [0.15, 0.2) is 18.5 Å². The topological polar surface area (TPSA) is 61.5 Å². The highest BCUT2D eigenvalue weighted by Crippen LogP contribution is 2.38. The average molecular weight is 401 g/mol. The van der Waals surface area contributed by atoms with Crippen LogP contribution in [0.4, 0.5) is 10.5 Å². The number of ether oxygens (including phenoxy) is 1. The number of hydrogen-bond acceptors (Lipinski definition) is 3. The minimum Gasteiger partial charge on any atom is -0.361 e. The first kappa shape index (κ1) is 19.5. The van der Waals surface area contributed by atoms with Gasteiger partial charge in [0.05, 0.1) is 12.2 Å². The van der Waals surface area contributed by atoms with Crippen molar-refractivity contribution in [3.63, 3.8) is 0 Å². The minimum atomic E-state index is -1.13. The second kappa shape index (κ2) is 7.87. The molecule has 2 aromatic rings. The molecule has 4 rings (SSSR count). The SMILES string of the molecule is C[Si](C)(C)CCOCN1Cc2cnc3[nH]ccc3c2N(C2CCCCC2)C1=O. The van der Waals surface area contributed by atoms with Crippen molar-refractivity contribution < 1.29 is 9.53 Å². The molecule has 0 bridgehead atoms. The predicted molar refractivity (Wildman–Crippen MR) is 115 cm³/mol. The van der Waals surface area contributed by atoms with Gasteiger partial charge in [0, 0.05) is 44.1 Å². The van der Waals surface area contributed by atoms with Gasteiger partial charge >= 0.3 is 6.03 Å². The van der Waals surface area contributed by atoms with Gasteiger partial charge in [0.15, 0.2) is 0 Å². The summed E-state index contributed by atoms with van der Waals surface area (Å²) in [5, 5.41) is 1.05. The van der Waals surface area contributed by atoms with E-state index in [1.54, 1.807) is 0 Å². The normalized spacial score (nSPS) is 18.8. The molecule has 2 amide bonds. The van der Waals surface area contributed by atoms with Crippen molar-refractivity contribution in [3.05, 3.63) is 24.0 Å². The zero-order valence-electron chi connectivity index (χ0n) is 17.3. The Bertz CT molecular complexity index is 839. The quantitative estimate of drug-likeness (QED) is 0.551. The van der Waals surface area contributed by atoms with Crippen molar-refractivity contribution in [2.75, 3.05) is 18.2 Å². The summed E-state index contributed by atoms with van der Waals surface area (Å²) in [7, 11) is -1.13. The van der Waals surface area contributed by atoms with Gasteiger partial charge in [0.1, 0.15) is 12.4 Å². The van der Waals surface area contributed by atoms with Crippen molar-refractivity contribution >= 4 is 30.8 Å². The molecule has 3 heterocycles. The molecule has 0 atom stereocenters. The van der Waals surface area contributed by atoms with E-state index in [1.807, 2.05) is 23.4 Å². The number of nitrogens with zero attached hydrogens (tertiary/aromatic N) is 3. The molecule has 0 saturated heterocycles. The molecule has 7 heteroatoms. The van der Waals surface area contributed by atoms with Crippen LogP contribution in [0.5, 0.6) is 0 Å². The van der Waals surface area contributed by atoms with Crippen LogP contribution in [0.1, 0.15) is 37.7 Å². The number of urea groups is 1. The van der Waals surface area contributed by atoms with Crippen LogP contribution < -0.4 is 4.90 Å². The van der Waals surface area contributed by atoms with Gasteiger partial charge in [0.2, 0.25) is 0 Å². The van der Waals surface area contributed by atoms with E-state index in [4.69, 9.17) is 4.74 Å². The predicted octanol–water partition coefficient (Wildman–Crippen LogP) is 4.95. The van der Waals surface area contributed by atoms with Crippen molar-refractivity contribution in [1.82, 2.24) is 14.9 Å². The molecule has 0 unspecified atom stereocenters. The Kier molecular flexibility index (Phi) is 5.47. The van der Waals surface area contributed by atoms with Crippen molar-refractivity contribution in [2.24, 2.45) is 0 Å². The molecular formula is C21H32N4O2Si. The monoisotopic (exact) mass is 400 g/mol. The number of pyridine rings is 1. The number of anilines is 1. The van der Waals surface area contributed by atoms with Crippen LogP contribution in [0, 0.1) is 0 Å². The fourth-order valence-electron chi connectivity index (χ4n) is 4.29. The number of rotatable bonds is 6. The van der Waals surface area contributed by atoms with E-state index in [0.717, 1.165) is 47.8 Å². The highest BCUT2D eigenvalue weighted by Gasteiger charge is 2.37. The summed E-state index contributed by atoms with van der Waals surface area (Å²) < 4.78 is 5.93. The van der Waals surface area contributed by atoms with Crippen LogP contribution in [0.3, 0.4) is 0 Å². The third-order valence-electron chi connectivity index (χ3n) is 5.90. The zero-order valence-corrected chi connectivity index (χ0v) is 18.3. The molecule has 0 spiro atoms. The standard InChI is InChI=1S/C21H32N4O2Si/c1-28(2,3)12-11-27-15-24-14-16-13-23-20-18(9-10-22-20)19(16)25(21(24)26)17-7-5-4-6-8-17/h9-10,13,17H,4-8,11-12,14-15H2,1-3H3,(H,22,23). The van der Waals surface area contributed by atoms with E-state index < -0.39 is 8.07 Å². The maximum absolute atomic E-state index is 13.5. The van der Waals surface area contributed by atoms with E-state index in [0.29, 0.717) is 13.3 Å².